The van der Waals surface area contributed by atoms with Gasteiger partial charge >= 0.3 is 0 Å². The number of benzene rings is 2. The summed E-state index contributed by atoms with van der Waals surface area (Å²) < 4.78 is 0. The van der Waals surface area contributed by atoms with E-state index in [1.807, 2.05) is 0 Å². The molecule has 2 nitrogen and oxygen atoms in total. The molecule has 0 bridgehead atoms. The second-order valence-electron chi connectivity index (χ2n) is 5.57. The normalized spacial score (nSPS) is 24.3. The van der Waals surface area contributed by atoms with Crippen LogP contribution in [0, 0.1) is 0 Å². The molecule has 3 rings (SSSR count). The molecule has 0 saturated carbocycles. The van der Waals surface area contributed by atoms with Crippen molar-refractivity contribution in [2.75, 3.05) is 33.2 Å². The maximum absolute atomic E-state index is 2.35. The van der Waals surface area contributed by atoms with E-state index in [-0.39, 0.29) is 0 Å². The van der Waals surface area contributed by atoms with E-state index < -0.39 is 0 Å². The number of fused-ring (bicyclic) bond motifs is 1. The van der Waals surface area contributed by atoms with Crippen molar-refractivity contribution in [2.24, 2.45) is 0 Å². The molecule has 2 aromatic carbocycles. The Morgan fingerprint density at radius 1 is 0.889 bits per heavy atom. The van der Waals surface area contributed by atoms with E-state index in [4.69, 9.17) is 0 Å². The molecule has 1 fully saturated rings. The molecule has 0 aromatic heterocycles. The Kier molecular flexibility index (Phi) is 3.31. The van der Waals surface area contributed by atoms with Gasteiger partial charge in [-0.15, -0.1) is 0 Å². The van der Waals surface area contributed by atoms with Gasteiger partial charge in [0.05, 0.1) is 7.05 Å². The topological polar surface area (TPSA) is 8.88 Å². The van der Waals surface area contributed by atoms with Gasteiger partial charge in [0.1, 0.15) is 32.7 Å². The van der Waals surface area contributed by atoms with Gasteiger partial charge in [0, 0.05) is 5.56 Å². The number of rotatable bonds is 2. The van der Waals surface area contributed by atoms with Crippen LogP contribution in [0.5, 0.6) is 0 Å². The smallest absolute Gasteiger partial charge is 0.127 e. The fourth-order valence-corrected chi connectivity index (χ4v) is 2.84. The Morgan fingerprint density at radius 3 is 2.39 bits per heavy atom. The summed E-state index contributed by atoms with van der Waals surface area (Å²) in [5.41, 5.74) is 1.48. The van der Waals surface area contributed by atoms with Gasteiger partial charge in [-0.05, 0) is 16.8 Å². The van der Waals surface area contributed by atoms with Crippen LogP contribution in [0.2, 0.25) is 0 Å². The maximum Gasteiger partial charge on any atom is 0.127 e. The van der Waals surface area contributed by atoms with Gasteiger partial charge in [0.15, 0.2) is 0 Å². The molecule has 1 heterocycles. The number of nitrogens with one attached hydrogen (secondary N) is 2. The molecule has 18 heavy (non-hydrogen) atoms. The lowest BCUT2D eigenvalue weighted by atomic mass is 10.1. The first-order chi connectivity index (χ1) is 8.81. The van der Waals surface area contributed by atoms with E-state index in [0.29, 0.717) is 0 Å². The molecule has 0 unspecified atom stereocenters. The number of hydrogen-bond donors (Lipinski definition) is 2. The zero-order valence-corrected chi connectivity index (χ0v) is 11.1. The van der Waals surface area contributed by atoms with Crippen LogP contribution in [0.15, 0.2) is 42.5 Å². The molecule has 1 aliphatic heterocycles. The Hall–Kier alpha value is -1.38. The minimum absolute atomic E-state index is 1.18. The van der Waals surface area contributed by atoms with Gasteiger partial charge in [-0.25, -0.2) is 0 Å². The van der Waals surface area contributed by atoms with Crippen LogP contribution in [0.4, 0.5) is 0 Å². The predicted molar refractivity (Wildman–Crippen MR) is 75.0 cm³/mol. The highest BCUT2D eigenvalue weighted by Gasteiger charge is 2.19. The summed E-state index contributed by atoms with van der Waals surface area (Å²) in [6.07, 6.45) is 0. The molecule has 0 radical (unpaired) electrons. The molecule has 2 aromatic rings. The molecule has 0 spiro atoms. The van der Waals surface area contributed by atoms with Crippen LogP contribution in [-0.2, 0) is 6.54 Å². The van der Waals surface area contributed by atoms with Crippen molar-refractivity contribution in [3.05, 3.63) is 48.0 Å². The lowest BCUT2D eigenvalue weighted by Crippen LogP contribution is -3.26. The van der Waals surface area contributed by atoms with Crippen molar-refractivity contribution >= 4 is 10.8 Å². The summed E-state index contributed by atoms with van der Waals surface area (Å²) >= 11 is 0. The van der Waals surface area contributed by atoms with Crippen molar-refractivity contribution in [3.8, 4) is 0 Å². The fourth-order valence-electron chi connectivity index (χ4n) is 2.84. The average molecular weight is 242 g/mol. The summed E-state index contributed by atoms with van der Waals surface area (Å²) in [4.78, 5) is 3.41. The molecule has 0 aliphatic carbocycles. The highest BCUT2D eigenvalue weighted by Crippen LogP contribution is 2.14. The van der Waals surface area contributed by atoms with Gasteiger partial charge in [-0.2, -0.15) is 0 Å². The zero-order chi connectivity index (χ0) is 12.4. The van der Waals surface area contributed by atoms with Crippen LogP contribution in [0.3, 0.4) is 0 Å². The SMILES string of the molecule is C[NH+]1CC[NH+](Cc2ccc3ccccc3c2)CC1. The summed E-state index contributed by atoms with van der Waals surface area (Å²) in [6.45, 7) is 6.40. The van der Waals surface area contributed by atoms with Crippen molar-refractivity contribution in [2.45, 2.75) is 6.54 Å². The number of quaternary nitrogens is 2. The van der Waals surface area contributed by atoms with E-state index in [1.54, 1.807) is 9.80 Å². The highest BCUT2D eigenvalue weighted by molar-refractivity contribution is 5.82. The van der Waals surface area contributed by atoms with Crippen molar-refractivity contribution < 1.29 is 9.80 Å². The van der Waals surface area contributed by atoms with E-state index in [9.17, 15) is 0 Å². The van der Waals surface area contributed by atoms with Crippen molar-refractivity contribution in [3.63, 3.8) is 0 Å². The maximum atomic E-state index is 2.35. The molecule has 2 heteroatoms. The molecular weight excluding hydrogens is 220 g/mol. The Labute approximate surface area is 109 Å². The first-order valence-electron chi connectivity index (χ1n) is 6.94. The van der Waals surface area contributed by atoms with Crippen LogP contribution in [-0.4, -0.2) is 33.2 Å². The Bertz CT molecular complexity index is 527. The quantitative estimate of drug-likeness (QED) is 0.719. The summed E-state index contributed by atoms with van der Waals surface area (Å²) in [5, 5.41) is 2.72. The number of hydrogen-bond acceptors (Lipinski definition) is 0. The lowest BCUT2D eigenvalue weighted by molar-refractivity contribution is -1.01. The Balaban J connectivity index is 1.74. The third-order valence-electron chi connectivity index (χ3n) is 4.08. The molecular formula is C16H22N2+2. The number of piperazine rings is 1. The third kappa shape index (κ3) is 2.55. The van der Waals surface area contributed by atoms with E-state index in [2.05, 4.69) is 49.5 Å². The van der Waals surface area contributed by atoms with Crippen LogP contribution < -0.4 is 9.80 Å². The molecule has 1 aliphatic rings. The molecule has 94 valence electrons. The van der Waals surface area contributed by atoms with Gasteiger partial charge in [-0.1, -0.05) is 36.4 Å². The minimum Gasteiger partial charge on any atom is -0.328 e. The predicted octanol–water partition coefficient (Wildman–Crippen LogP) is -0.247. The molecule has 1 saturated heterocycles. The van der Waals surface area contributed by atoms with Crippen LogP contribution >= 0.6 is 0 Å². The van der Waals surface area contributed by atoms with E-state index in [0.717, 1.165) is 0 Å². The lowest BCUT2D eigenvalue weighted by Gasteiger charge is -2.27. The molecule has 0 atom stereocenters. The van der Waals surface area contributed by atoms with Gasteiger partial charge in [0.25, 0.3) is 0 Å². The average Bonchev–Trinajstić information content (AvgIpc) is 2.41. The highest BCUT2D eigenvalue weighted by atomic mass is 15.2. The first kappa shape index (κ1) is 11.7. The fraction of sp³-hybridized carbons (Fsp3) is 0.375. The van der Waals surface area contributed by atoms with Crippen molar-refractivity contribution in [1.82, 2.24) is 0 Å². The summed E-state index contributed by atoms with van der Waals surface area (Å²) in [6, 6.07) is 15.5. The van der Waals surface area contributed by atoms with Crippen LogP contribution in [0.1, 0.15) is 5.56 Å². The summed E-state index contributed by atoms with van der Waals surface area (Å²) in [7, 11) is 2.30. The van der Waals surface area contributed by atoms with Gasteiger partial charge in [-0.3, -0.25) is 0 Å². The first-order valence-corrected chi connectivity index (χ1v) is 6.94. The third-order valence-corrected chi connectivity index (χ3v) is 4.08. The van der Waals surface area contributed by atoms with E-state index >= 15 is 0 Å². The molecule has 0 amide bonds. The summed E-state index contributed by atoms with van der Waals surface area (Å²) in [5.74, 6) is 0. The Morgan fingerprint density at radius 2 is 1.61 bits per heavy atom. The minimum atomic E-state index is 1.18. The second kappa shape index (κ2) is 5.09. The molecule has 2 N–H and O–H groups in total. The van der Waals surface area contributed by atoms with Gasteiger partial charge in [0.2, 0.25) is 0 Å². The van der Waals surface area contributed by atoms with Crippen molar-refractivity contribution in [1.29, 1.82) is 0 Å². The van der Waals surface area contributed by atoms with E-state index in [1.165, 1.54) is 49.1 Å². The number of likely N-dealkylation sites (N-methyl/N-ethyl adjacent to an activating group) is 1. The zero-order valence-electron chi connectivity index (χ0n) is 11.1. The van der Waals surface area contributed by atoms with Crippen LogP contribution in [0.25, 0.3) is 10.8 Å². The largest absolute Gasteiger partial charge is 0.328 e. The second-order valence-corrected chi connectivity index (χ2v) is 5.57. The van der Waals surface area contributed by atoms with Gasteiger partial charge < -0.3 is 9.80 Å². The monoisotopic (exact) mass is 242 g/mol. The standard InChI is InChI=1S/C16H20N2/c1-17-8-10-18(11-9-17)13-14-6-7-15-4-2-3-5-16(15)12-14/h2-7,12H,8-11,13H2,1H3/p+2.